The molecule has 1 aromatic rings. The first-order chi connectivity index (χ1) is 13.8. The number of nitro groups is 1. The van der Waals surface area contributed by atoms with Gasteiger partial charge in [0, 0.05) is 18.4 Å². The average Bonchev–Trinajstić information content (AvgIpc) is 2.98. The lowest BCUT2D eigenvalue weighted by molar-refractivity contribution is -0.387. The maximum Gasteiger partial charge on any atom is 0.338 e. The number of hydrogen-bond donors (Lipinski definition) is 1. The molecule has 164 valence electrons. The molecule has 0 aromatic heterocycles. The highest BCUT2D eigenvalue weighted by molar-refractivity contribution is 7.90. The molecule has 3 atom stereocenters. The number of nitro benzene ring substituents is 1. The Morgan fingerprint density at radius 2 is 1.97 bits per heavy atom. The van der Waals surface area contributed by atoms with E-state index in [9.17, 15) is 28.1 Å². The number of fused-ring (bicyclic) bond motifs is 2. The second-order valence-corrected chi connectivity index (χ2v) is 11.0. The lowest BCUT2D eigenvalue weighted by atomic mass is 9.69. The van der Waals surface area contributed by atoms with E-state index in [4.69, 9.17) is 4.74 Å². The van der Waals surface area contributed by atoms with E-state index >= 15 is 0 Å². The SMILES string of the molecule is CC1(C)[C@@H]2CC[C@@]1(C)[C@@H](NC(=O)COC(=O)c1ccc(S(C)(=O)=O)c([N+](=O)[O-])c1)C2. The van der Waals surface area contributed by atoms with Crippen molar-refractivity contribution in [2.75, 3.05) is 12.9 Å². The molecule has 2 aliphatic rings. The lowest BCUT2D eigenvalue weighted by Crippen LogP contribution is -2.48. The summed E-state index contributed by atoms with van der Waals surface area (Å²) in [4.78, 5) is 34.4. The highest BCUT2D eigenvalue weighted by Gasteiger charge is 2.61. The summed E-state index contributed by atoms with van der Waals surface area (Å²) in [5, 5.41) is 14.1. The third-order valence-electron chi connectivity index (χ3n) is 7.25. The largest absolute Gasteiger partial charge is 0.452 e. The molecule has 2 bridgehead atoms. The summed E-state index contributed by atoms with van der Waals surface area (Å²) in [6, 6.07) is 2.97. The number of rotatable bonds is 6. The molecular formula is C20H26N2O7S. The molecule has 1 aromatic carbocycles. The Hall–Kier alpha value is -2.49. The van der Waals surface area contributed by atoms with Crippen molar-refractivity contribution in [2.45, 2.75) is 51.0 Å². The summed E-state index contributed by atoms with van der Waals surface area (Å²) in [7, 11) is -3.84. The van der Waals surface area contributed by atoms with Crippen LogP contribution in [0, 0.1) is 26.9 Å². The van der Waals surface area contributed by atoms with E-state index in [2.05, 4.69) is 26.1 Å². The van der Waals surface area contributed by atoms with Gasteiger partial charge in [-0.15, -0.1) is 0 Å². The fourth-order valence-electron chi connectivity index (χ4n) is 4.97. The van der Waals surface area contributed by atoms with Crippen LogP contribution in [-0.4, -0.2) is 44.1 Å². The first-order valence-electron chi connectivity index (χ1n) is 9.72. The highest BCUT2D eigenvalue weighted by Crippen LogP contribution is 2.65. The molecule has 9 nitrogen and oxygen atoms in total. The van der Waals surface area contributed by atoms with Gasteiger partial charge in [0.2, 0.25) is 0 Å². The zero-order valence-corrected chi connectivity index (χ0v) is 18.2. The van der Waals surface area contributed by atoms with Crippen molar-refractivity contribution in [1.29, 1.82) is 0 Å². The van der Waals surface area contributed by atoms with Crippen LogP contribution in [0.25, 0.3) is 0 Å². The molecule has 0 spiro atoms. The normalized spacial score (nSPS) is 26.9. The van der Waals surface area contributed by atoms with Gasteiger partial charge in [-0.25, -0.2) is 13.2 Å². The smallest absolute Gasteiger partial charge is 0.338 e. The van der Waals surface area contributed by atoms with Crippen molar-refractivity contribution in [2.24, 2.45) is 16.7 Å². The van der Waals surface area contributed by atoms with E-state index in [1.807, 2.05) is 0 Å². The minimum Gasteiger partial charge on any atom is -0.452 e. The van der Waals surface area contributed by atoms with E-state index in [0.717, 1.165) is 43.7 Å². The highest BCUT2D eigenvalue weighted by atomic mass is 32.2. The number of ether oxygens (including phenoxy) is 1. The summed E-state index contributed by atoms with van der Waals surface area (Å²) >= 11 is 0. The molecule has 2 fully saturated rings. The van der Waals surface area contributed by atoms with Gasteiger partial charge in [0.1, 0.15) is 4.90 Å². The molecule has 0 heterocycles. The van der Waals surface area contributed by atoms with Gasteiger partial charge in [-0.2, -0.15) is 0 Å². The van der Waals surface area contributed by atoms with Gasteiger partial charge in [-0.3, -0.25) is 14.9 Å². The van der Waals surface area contributed by atoms with Crippen molar-refractivity contribution in [3.05, 3.63) is 33.9 Å². The number of nitrogens with one attached hydrogen (secondary N) is 1. The number of carbonyl (C=O) groups is 2. The van der Waals surface area contributed by atoms with Crippen molar-refractivity contribution in [1.82, 2.24) is 5.32 Å². The molecule has 10 heteroatoms. The van der Waals surface area contributed by atoms with Crippen LogP contribution in [-0.2, 0) is 19.4 Å². The van der Waals surface area contributed by atoms with E-state index in [0.29, 0.717) is 5.92 Å². The van der Waals surface area contributed by atoms with Crippen LogP contribution < -0.4 is 5.32 Å². The first kappa shape index (κ1) is 22.2. The number of hydrogen-bond acceptors (Lipinski definition) is 7. The summed E-state index contributed by atoms with van der Waals surface area (Å²) in [5.74, 6) is -0.822. The summed E-state index contributed by atoms with van der Waals surface area (Å²) in [6.07, 6.45) is 3.91. The van der Waals surface area contributed by atoms with Crippen LogP contribution >= 0.6 is 0 Å². The fourth-order valence-corrected chi connectivity index (χ4v) is 5.80. The molecule has 2 aliphatic carbocycles. The quantitative estimate of drug-likeness (QED) is 0.410. The van der Waals surface area contributed by atoms with Gasteiger partial charge in [-0.05, 0) is 48.1 Å². The zero-order valence-electron chi connectivity index (χ0n) is 17.4. The Balaban J connectivity index is 1.64. The minimum absolute atomic E-state index is 0.00702. The van der Waals surface area contributed by atoms with E-state index < -0.39 is 43.8 Å². The van der Waals surface area contributed by atoms with E-state index in [1.54, 1.807) is 0 Å². The number of carbonyl (C=O) groups excluding carboxylic acids is 2. The fraction of sp³-hybridized carbons (Fsp3) is 0.600. The van der Waals surface area contributed by atoms with Crippen LogP contribution in [0.1, 0.15) is 50.4 Å². The third kappa shape index (κ3) is 3.68. The molecular weight excluding hydrogens is 412 g/mol. The van der Waals surface area contributed by atoms with E-state index in [-0.39, 0.29) is 22.4 Å². The van der Waals surface area contributed by atoms with Gasteiger partial charge in [-0.1, -0.05) is 20.8 Å². The molecule has 1 N–H and O–H groups in total. The van der Waals surface area contributed by atoms with Crippen molar-refractivity contribution in [3.63, 3.8) is 0 Å². The maximum atomic E-state index is 12.3. The number of nitrogens with zero attached hydrogens (tertiary/aromatic N) is 1. The Morgan fingerprint density at radius 1 is 1.30 bits per heavy atom. The average molecular weight is 439 g/mol. The topological polar surface area (TPSA) is 133 Å². The van der Waals surface area contributed by atoms with Gasteiger partial charge in [0.25, 0.3) is 11.6 Å². The van der Waals surface area contributed by atoms with Crippen LogP contribution in [0.5, 0.6) is 0 Å². The molecule has 2 saturated carbocycles. The van der Waals surface area contributed by atoms with Crippen molar-refractivity contribution in [3.8, 4) is 0 Å². The maximum absolute atomic E-state index is 12.3. The third-order valence-corrected chi connectivity index (χ3v) is 8.40. The van der Waals surface area contributed by atoms with Gasteiger partial charge in [0.15, 0.2) is 16.4 Å². The second-order valence-electron chi connectivity index (χ2n) is 9.02. The molecule has 0 radical (unpaired) electrons. The van der Waals surface area contributed by atoms with Crippen LogP contribution in [0.3, 0.4) is 0 Å². The zero-order chi connectivity index (χ0) is 22.5. The minimum atomic E-state index is -3.84. The first-order valence-corrected chi connectivity index (χ1v) is 11.6. The van der Waals surface area contributed by atoms with Crippen molar-refractivity contribution < 1.29 is 27.7 Å². The van der Waals surface area contributed by atoms with E-state index in [1.165, 1.54) is 0 Å². The second kappa shape index (κ2) is 7.33. The predicted octanol–water partition coefficient (Wildman–Crippen LogP) is 2.49. The number of esters is 1. The molecule has 0 saturated heterocycles. The van der Waals surface area contributed by atoms with Crippen molar-refractivity contribution >= 4 is 27.4 Å². The summed E-state index contributed by atoms with van der Waals surface area (Å²) in [6.45, 7) is 6.12. The Morgan fingerprint density at radius 3 is 2.47 bits per heavy atom. The van der Waals surface area contributed by atoms with Crippen LogP contribution in [0.15, 0.2) is 23.1 Å². The predicted molar refractivity (Wildman–Crippen MR) is 108 cm³/mol. The number of sulfone groups is 1. The molecule has 30 heavy (non-hydrogen) atoms. The molecule has 0 unspecified atom stereocenters. The Bertz CT molecular complexity index is 1020. The van der Waals surface area contributed by atoms with Crippen LogP contribution in [0.2, 0.25) is 0 Å². The molecule has 0 aliphatic heterocycles. The number of benzene rings is 1. The summed E-state index contributed by atoms with van der Waals surface area (Å²) < 4.78 is 28.3. The monoisotopic (exact) mass is 438 g/mol. The standard InChI is InChI=1S/C20H26N2O7S/c1-19(2)13-7-8-20(19,3)16(10-13)21-17(23)11-29-18(24)12-5-6-15(30(4,27)28)14(9-12)22(25)26/h5-6,9,13,16H,7-8,10-11H2,1-4H3,(H,21,23)/t13-,16+,20+/m1/s1. The van der Waals surface area contributed by atoms with Gasteiger partial charge >= 0.3 is 5.97 Å². The van der Waals surface area contributed by atoms with Gasteiger partial charge in [0.05, 0.1) is 10.5 Å². The van der Waals surface area contributed by atoms with Crippen LogP contribution in [0.4, 0.5) is 5.69 Å². The Kier molecular flexibility index (Phi) is 5.43. The lowest BCUT2D eigenvalue weighted by Gasteiger charge is -2.39. The van der Waals surface area contributed by atoms with Gasteiger partial charge < -0.3 is 10.1 Å². The molecule has 1 amide bonds. The molecule has 3 rings (SSSR count). The number of amides is 1. The Labute approximate surface area is 175 Å². The summed E-state index contributed by atoms with van der Waals surface area (Å²) in [5.41, 5.74) is -0.801.